The Morgan fingerprint density at radius 2 is 2.18 bits per heavy atom. The molecule has 3 aromatic rings. The van der Waals surface area contributed by atoms with Gasteiger partial charge in [-0.15, -0.1) is 11.3 Å². The average molecular weight is 332 g/mol. The van der Waals surface area contributed by atoms with Gasteiger partial charge in [0, 0.05) is 22.6 Å². The van der Waals surface area contributed by atoms with Crippen LogP contribution in [0.1, 0.15) is 15.4 Å². The maximum atomic E-state index is 12.1. The Morgan fingerprint density at radius 3 is 2.95 bits per heavy atom. The summed E-state index contributed by atoms with van der Waals surface area (Å²) in [6.45, 7) is 0.601. The van der Waals surface area contributed by atoms with Crippen LogP contribution in [0, 0.1) is 0 Å². The van der Waals surface area contributed by atoms with Crippen LogP contribution in [0.4, 0.5) is 0 Å². The second-order valence-electron chi connectivity index (χ2n) is 4.71. The molecule has 3 rings (SSSR count). The summed E-state index contributed by atoms with van der Waals surface area (Å²) in [4.78, 5) is 13.3. The predicted octanol–water partition coefficient (Wildman–Crippen LogP) is 3.56. The van der Waals surface area contributed by atoms with Crippen LogP contribution >= 0.6 is 22.9 Å². The van der Waals surface area contributed by atoms with Crippen molar-refractivity contribution in [3.63, 3.8) is 0 Å². The highest BCUT2D eigenvalue weighted by Gasteiger charge is 2.10. The molecule has 4 nitrogen and oxygen atoms in total. The summed E-state index contributed by atoms with van der Waals surface area (Å²) in [7, 11) is 0. The number of nitrogens with zero attached hydrogens (tertiary/aromatic N) is 2. The number of hydrogen-bond donors (Lipinski definition) is 1. The standard InChI is InChI=1S/C16H14ClN3OS/c17-12-3-1-4-13(11-12)20-9-7-15(19-20)16(21)18-8-6-14-5-2-10-22-14/h1-5,7,9-11H,6,8H2,(H,18,21). The topological polar surface area (TPSA) is 46.9 Å². The minimum atomic E-state index is -0.169. The molecule has 0 aliphatic carbocycles. The van der Waals surface area contributed by atoms with E-state index in [1.807, 2.05) is 23.6 Å². The van der Waals surface area contributed by atoms with Gasteiger partial charge in [0.1, 0.15) is 0 Å². The van der Waals surface area contributed by atoms with Crippen LogP contribution in [0.5, 0.6) is 0 Å². The number of amides is 1. The molecule has 0 fully saturated rings. The molecule has 22 heavy (non-hydrogen) atoms. The maximum absolute atomic E-state index is 12.1. The summed E-state index contributed by atoms with van der Waals surface area (Å²) < 4.78 is 1.64. The van der Waals surface area contributed by atoms with Gasteiger partial charge in [0.05, 0.1) is 5.69 Å². The normalized spacial score (nSPS) is 10.6. The summed E-state index contributed by atoms with van der Waals surface area (Å²) in [6, 6.07) is 13.1. The minimum Gasteiger partial charge on any atom is -0.350 e. The van der Waals surface area contributed by atoms with Crippen molar-refractivity contribution in [3.8, 4) is 5.69 Å². The van der Waals surface area contributed by atoms with E-state index in [1.165, 1.54) is 4.88 Å². The molecule has 1 N–H and O–H groups in total. The molecule has 0 aliphatic rings. The highest BCUT2D eigenvalue weighted by molar-refractivity contribution is 7.09. The van der Waals surface area contributed by atoms with Crippen LogP contribution in [0.15, 0.2) is 54.0 Å². The van der Waals surface area contributed by atoms with Gasteiger partial charge in [-0.25, -0.2) is 4.68 Å². The van der Waals surface area contributed by atoms with Gasteiger partial charge in [0.15, 0.2) is 5.69 Å². The number of halogens is 1. The number of nitrogens with one attached hydrogen (secondary N) is 1. The Kier molecular flexibility index (Phi) is 4.56. The van der Waals surface area contributed by atoms with Gasteiger partial charge in [0.2, 0.25) is 0 Å². The number of benzene rings is 1. The first kappa shape index (κ1) is 14.8. The van der Waals surface area contributed by atoms with Crippen molar-refractivity contribution in [1.82, 2.24) is 15.1 Å². The van der Waals surface area contributed by atoms with Crippen molar-refractivity contribution in [2.24, 2.45) is 0 Å². The Labute approximate surface area is 137 Å². The monoisotopic (exact) mass is 331 g/mol. The fourth-order valence-electron chi connectivity index (χ4n) is 2.05. The summed E-state index contributed by atoms with van der Waals surface area (Å²) in [5, 5.41) is 9.83. The van der Waals surface area contributed by atoms with E-state index in [4.69, 9.17) is 11.6 Å². The van der Waals surface area contributed by atoms with Gasteiger partial charge in [-0.3, -0.25) is 4.79 Å². The van der Waals surface area contributed by atoms with E-state index in [-0.39, 0.29) is 5.91 Å². The van der Waals surface area contributed by atoms with E-state index in [2.05, 4.69) is 16.5 Å². The van der Waals surface area contributed by atoms with Crippen LogP contribution in [-0.2, 0) is 6.42 Å². The van der Waals surface area contributed by atoms with Gasteiger partial charge in [-0.05, 0) is 42.1 Å². The van der Waals surface area contributed by atoms with Crippen LogP contribution in [0.2, 0.25) is 5.02 Å². The van der Waals surface area contributed by atoms with Crippen LogP contribution in [0.3, 0.4) is 0 Å². The van der Waals surface area contributed by atoms with Crippen LogP contribution < -0.4 is 5.32 Å². The fraction of sp³-hybridized carbons (Fsp3) is 0.125. The molecule has 112 valence electrons. The lowest BCUT2D eigenvalue weighted by molar-refractivity contribution is 0.0949. The summed E-state index contributed by atoms with van der Waals surface area (Å²) in [5.41, 5.74) is 1.22. The smallest absolute Gasteiger partial charge is 0.271 e. The Hall–Kier alpha value is -2.11. The van der Waals surface area contributed by atoms with Gasteiger partial charge in [-0.2, -0.15) is 5.10 Å². The minimum absolute atomic E-state index is 0.169. The molecule has 0 saturated heterocycles. The van der Waals surface area contributed by atoms with E-state index in [1.54, 1.807) is 40.4 Å². The number of aromatic nitrogens is 2. The first-order chi connectivity index (χ1) is 10.7. The van der Waals surface area contributed by atoms with Crippen molar-refractivity contribution < 1.29 is 4.79 Å². The summed E-state index contributed by atoms with van der Waals surface area (Å²) >= 11 is 7.65. The molecule has 0 atom stereocenters. The van der Waals surface area contributed by atoms with E-state index in [0.29, 0.717) is 17.3 Å². The molecule has 2 aromatic heterocycles. The Morgan fingerprint density at radius 1 is 1.27 bits per heavy atom. The van der Waals surface area contributed by atoms with E-state index >= 15 is 0 Å². The third kappa shape index (κ3) is 3.55. The maximum Gasteiger partial charge on any atom is 0.271 e. The highest BCUT2D eigenvalue weighted by Crippen LogP contribution is 2.14. The molecule has 6 heteroatoms. The molecule has 0 spiro atoms. The quantitative estimate of drug-likeness (QED) is 0.777. The lowest BCUT2D eigenvalue weighted by Gasteiger charge is -2.03. The molecule has 0 radical (unpaired) electrons. The zero-order valence-electron chi connectivity index (χ0n) is 11.7. The first-order valence-electron chi connectivity index (χ1n) is 6.84. The van der Waals surface area contributed by atoms with Crippen molar-refractivity contribution in [3.05, 3.63) is 69.6 Å². The zero-order chi connectivity index (χ0) is 15.4. The van der Waals surface area contributed by atoms with Crippen molar-refractivity contribution in [2.45, 2.75) is 6.42 Å². The largest absolute Gasteiger partial charge is 0.350 e. The molecule has 0 aliphatic heterocycles. The van der Waals surface area contributed by atoms with Gasteiger partial charge < -0.3 is 5.32 Å². The molecule has 1 aromatic carbocycles. The zero-order valence-corrected chi connectivity index (χ0v) is 13.3. The molecule has 0 saturated carbocycles. The molecule has 1 amide bonds. The lowest BCUT2D eigenvalue weighted by Crippen LogP contribution is -2.26. The van der Waals surface area contributed by atoms with Crippen LogP contribution in [0.25, 0.3) is 5.69 Å². The summed E-state index contributed by atoms with van der Waals surface area (Å²) in [6.07, 6.45) is 2.58. The number of carbonyl (C=O) groups is 1. The number of thiophene rings is 1. The molecular weight excluding hydrogens is 318 g/mol. The van der Waals surface area contributed by atoms with E-state index in [9.17, 15) is 4.79 Å². The second-order valence-corrected chi connectivity index (χ2v) is 6.18. The van der Waals surface area contributed by atoms with Crippen molar-refractivity contribution in [2.75, 3.05) is 6.54 Å². The Bertz CT molecular complexity index is 767. The SMILES string of the molecule is O=C(NCCc1cccs1)c1ccn(-c2cccc(Cl)c2)n1. The third-order valence-corrected chi connectivity index (χ3v) is 4.30. The Balaban J connectivity index is 1.62. The fourth-order valence-corrected chi connectivity index (χ4v) is 2.95. The first-order valence-corrected chi connectivity index (χ1v) is 8.10. The number of hydrogen-bond acceptors (Lipinski definition) is 3. The summed E-state index contributed by atoms with van der Waals surface area (Å²) in [5.74, 6) is -0.169. The molecule has 0 unspecified atom stereocenters. The number of rotatable bonds is 5. The van der Waals surface area contributed by atoms with Crippen molar-refractivity contribution in [1.29, 1.82) is 0 Å². The highest BCUT2D eigenvalue weighted by atomic mass is 35.5. The molecule has 2 heterocycles. The van der Waals surface area contributed by atoms with Gasteiger partial charge in [0.25, 0.3) is 5.91 Å². The molecular formula is C16H14ClN3OS. The number of carbonyl (C=O) groups excluding carboxylic acids is 1. The lowest BCUT2D eigenvalue weighted by atomic mass is 10.3. The predicted molar refractivity (Wildman–Crippen MR) is 88.9 cm³/mol. The van der Waals surface area contributed by atoms with Crippen LogP contribution in [-0.4, -0.2) is 22.2 Å². The third-order valence-electron chi connectivity index (χ3n) is 3.13. The van der Waals surface area contributed by atoms with Gasteiger partial charge >= 0.3 is 0 Å². The van der Waals surface area contributed by atoms with E-state index < -0.39 is 0 Å². The van der Waals surface area contributed by atoms with Crippen molar-refractivity contribution >= 4 is 28.8 Å². The molecule has 0 bridgehead atoms. The van der Waals surface area contributed by atoms with E-state index in [0.717, 1.165) is 12.1 Å². The average Bonchev–Trinajstić information content (AvgIpc) is 3.19. The van der Waals surface area contributed by atoms with Gasteiger partial charge in [-0.1, -0.05) is 23.7 Å². The second kappa shape index (κ2) is 6.77.